The molecule has 26 heavy (non-hydrogen) atoms. The third-order valence-corrected chi connectivity index (χ3v) is 5.14. The fourth-order valence-electron chi connectivity index (χ4n) is 3.67. The Morgan fingerprint density at radius 1 is 1.42 bits per heavy atom. The van der Waals surface area contributed by atoms with E-state index in [9.17, 15) is 4.79 Å². The number of likely N-dealkylation sites (tertiary alicyclic amines) is 1. The molecule has 1 aliphatic rings. The normalized spacial score (nSPS) is 17.8. The maximum atomic E-state index is 12.1. The highest BCUT2D eigenvalue weighted by Crippen LogP contribution is 2.20. The average Bonchev–Trinajstić information content (AvgIpc) is 3.31. The number of hydrogen-bond donors (Lipinski definition) is 0. The molecule has 142 valence electrons. The van der Waals surface area contributed by atoms with E-state index in [1.54, 1.807) is 13.8 Å². The predicted octanol–water partition coefficient (Wildman–Crippen LogP) is 1.57. The van der Waals surface area contributed by atoms with Gasteiger partial charge in [0.25, 0.3) is 0 Å². The lowest BCUT2D eigenvalue weighted by atomic mass is 10.2. The highest BCUT2D eigenvalue weighted by Gasteiger charge is 2.29. The quantitative estimate of drug-likeness (QED) is 0.746. The molecule has 1 amide bonds. The smallest absolute Gasteiger partial charge is 0.223 e. The molecule has 1 unspecified atom stereocenters. The van der Waals surface area contributed by atoms with Crippen molar-refractivity contribution in [2.24, 2.45) is 0 Å². The van der Waals surface area contributed by atoms with Crippen LogP contribution in [0.1, 0.15) is 43.2 Å². The number of carbonyl (C=O) groups excluding carboxylic acids is 1. The number of rotatable bonds is 7. The maximum absolute atomic E-state index is 12.1. The first kappa shape index (κ1) is 18.6. The van der Waals surface area contributed by atoms with Crippen molar-refractivity contribution in [3.8, 4) is 0 Å². The van der Waals surface area contributed by atoms with Crippen LogP contribution in [0.2, 0.25) is 0 Å². The van der Waals surface area contributed by atoms with Crippen molar-refractivity contribution in [2.75, 3.05) is 19.6 Å². The van der Waals surface area contributed by atoms with Crippen molar-refractivity contribution in [2.45, 2.75) is 59.7 Å². The minimum Gasteiger partial charge on any atom is -0.340 e. The fraction of sp³-hybridized carbons (Fsp3) is 0.667. The zero-order chi connectivity index (χ0) is 18.7. The molecular weight excluding hydrogens is 332 g/mol. The van der Waals surface area contributed by atoms with Crippen LogP contribution in [0.5, 0.6) is 0 Å². The van der Waals surface area contributed by atoms with Crippen LogP contribution in [0.3, 0.4) is 0 Å². The molecule has 0 radical (unpaired) electrons. The van der Waals surface area contributed by atoms with Gasteiger partial charge in [-0.05, 0) is 20.3 Å². The number of hydrogen-bond acceptors (Lipinski definition) is 6. The van der Waals surface area contributed by atoms with Gasteiger partial charge in [-0.15, -0.1) is 0 Å². The molecule has 1 aliphatic heterocycles. The largest absolute Gasteiger partial charge is 0.340 e. The van der Waals surface area contributed by atoms with Crippen molar-refractivity contribution in [3.05, 3.63) is 29.2 Å². The van der Waals surface area contributed by atoms with E-state index in [4.69, 9.17) is 4.52 Å². The Morgan fingerprint density at radius 3 is 2.85 bits per heavy atom. The second-order valence-corrected chi connectivity index (χ2v) is 6.94. The van der Waals surface area contributed by atoms with Gasteiger partial charge in [0.2, 0.25) is 11.8 Å². The summed E-state index contributed by atoms with van der Waals surface area (Å²) in [5.41, 5.74) is 2.50. The van der Waals surface area contributed by atoms with Crippen LogP contribution in [0.4, 0.5) is 0 Å². The molecule has 3 rings (SSSR count). The molecule has 2 aromatic rings. The molecule has 0 saturated carbocycles. The van der Waals surface area contributed by atoms with Gasteiger partial charge in [0.1, 0.15) is 0 Å². The van der Waals surface area contributed by atoms with Gasteiger partial charge in [-0.3, -0.25) is 14.4 Å². The van der Waals surface area contributed by atoms with E-state index >= 15 is 0 Å². The molecule has 0 spiro atoms. The number of aryl methyl sites for hydroxylation is 2. The summed E-state index contributed by atoms with van der Waals surface area (Å²) < 4.78 is 7.03. The Labute approximate surface area is 154 Å². The molecule has 3 heterocycles. The zero-order valence-corrected chi connectivity index (χ0v) is 16.1. The van der Waals surface area contributed by atoms with Gasteiger partial charge < -0.3 is 9.42 Å². The Balaban J connectivity index is 1.57. The van der Waals surface area contributed by atoms with Crippen LogP contribution >= 0.6 is 0 Å². The van der Waals surface area contributed by atoms with Crippen molar-refractivity contribution >= 4 is 5.91 Å². The van der Waals surface area contributed by atoms with Crippen LogP contribution in [0.25, 0.3) is 0 Å². The number of amides is 1. The van der Waals surface area contributed by atoms with Crippen LogP contribution in [0.15, 0.2) is 10.7 Å². The summed E-state index contributed by atoms with van der Waals surface area (Å²) in [5, 5.41) is 8.35. The number of carbonyl (C=O) groups is 1. The molecular formula is C18H28N6O2. The molecule has 0 aromatic carbocycles. The molecule has 0 N–H and O–H groups in total. The minimum atomic E-state index is 0.104. The monoisotopic (exact) mass is 360 g/mol. The SMILES string of the molecule is CCn1ncc(CN2CCC(N(CCc3noc(C)n3)C(C)=O)C2)c1C. The van der Waals surface area contributed by atoms with Gasteiger partial charge in [-0.1, -0.05) is 5.16 Å². The molecule has 1 fully saturated rings. The molecule has 8 nitrogen and oxygen atoms in total. The van der Waals surface area contributed by atoms with Crippen LogP contribution in [-0.2, 0) is 24.3 Å². The van der Waals surface area contributed by atoms with E-state index in [1.807, 2.05) is 15.8 Å². The first-order chi connectivity index (χ1) is 12.5. The summed E-state index contributed by atoms with van der Waals surface area (Å²) in [6.45, 7) is 11.9. The number of nitrogens with zero attached hydrogens (tertiary/aromatic N) is 6. The van der Waals surface area contributed by atoms with E-state index in [0.717, 1.165) is 32.6 Å². The second-order valence-electron chi connectivity index (χ2n) is 6.94. The van der Waals surface area contributed by atoms with E-state index in [-0.39, 0.29) is 11.9 Å². The second kappa shape index (κ2) is 7.99. The maximum Gasteiger partial charge on any atom is 0.223 e. The van der Waals surface area contributed by atoms with E-state index in [0.29, 0.717) is 24.7 Å². The lowest BCUT2D eigenvalue weighted by molar-refractivity contribution is -0.130. The fourth-order valence-corrected chi connectivity index (χ4v) is 3.67. The lowest BCUT2D eigenvalue weighted by Crippen LogP contribution is -2.42. The van der Waals surface area contributed by atoms with Crippen molar-refractivity contribution in [3.63, 3.8) is 0 Å². The Kier molecular flexibility index (Phi) is 5.70. The molecule has 1 atom stereocenters. The third kappa shape index (κ3) is 4.12. The van der Waals surface area contributed by atoms with Crippen LogP contribution < -0.4 is 0 Å². The Morgan fingerprint density at radius 2 is 2.23 bits per heavy atom. The summed E-state index contributed by atoms with van der Waals surface area (Å²) in [6.07, 6.45) is 3.58. The van der Waals surface area contributed by atoms with E-state index in [1.165, 1.54) is 11.3 Å². The first-order valence-electron chi connectivity index (χ1n) is 9.28. The van der Waals surface area contributed by atoms with E-state index < -0.39 is 0 Å². The van der Waals surface area contributed by atoms with E-state index in [2.05, 4.69) is 34.0 Å². The molecule has 8 heteroatoms. The van der Waals surface area contributed by atoms with Gasteiger partial charge in [0, 0.05) is 70.3 Å². The molecule has 2 aromatic heterocycles. The third-order valence-electron chi connectivity index (χ3n) is 5.14. The Bertz CT molecular complexity index is 753. The van der Waals surface area contributed by atoms with Crippen molar-refractivity contribution < 1.29 is 9.32 Å². The summed E-state index contributed by atoms with van der Waals surface area (Å²) in [5.74, 6) is 1.32. The Hall–Kier alpha value is -2.22. The van der Waals surface area contributed by atoms with Crippen molar-refractivity contribution in [1.29, 1.82) is 0 Å². The molecule has 1 saturated heterocycles. The lowest BCUT2D eigenvalue weighted by Gasteiger charge is -2.27. The van der Waals surface area contributed by atoms with Crippen molar-refractivity contribution in [1.82, 2.24) is 29.7 Å². The topological polar surface area (TPSA) is 80.3 Å². The highest BCUT2D eigenvalue weighted by atomic mass is 16.5. The number of aromatic nitrogens is 4. The van der Waals surface area contributed by atoms with Crippen LogP contribution in [0, 0.1) is 13.8 Å². The first-order valence-corrected chi connectivity index (χ1v) is 9.28. The van der Waals surface area contributed by atoms with Gasteiger partial charge in [-0.2, -0.15) is 10.1 Å². The summed E-state index contributed by atoms with van der Waals surface area (Å²) >= 11 is 0. The zero-order valence-electron chi connectivity index (χ0n) is 16.1. The minimum absolute atomic E-state index is 0.104. The van der Waals surface area contributed by atoms with Gasteiger partial charge >= 0.3 is 0 Å². The standard InChI is InChI=1S/C18H28N6O2/c1-5-24-13(2)16(10-19-24)11-22-8-6-17(12-22)23(15(4)25)9-7-18-20-14(3)26-21-18/h10,17H,5-9,11-12H2,1-4H3. The predicted molar refractivity (Wildman–Crippen MR) is 96.4 cm³/mol. The summed E-state index contributed by atoms with van der Waals surface area (Å²) in [6, 6.07) is 0.238. The van der Waals surface area contributed by atoms with Gasteiger partial charge in [-0.25, -0.2) is 0 Å². The van der Waals surface area contributed by atoms with Crippen LogP contribution in [-0.4, -0.2) is 61.3 Å². The van der Waals surface area contributed by atoms with Gasteiger partial charge in [0.05, 0.1) is 6.20 Å². The molecule has 0 aliphatic carbocycles. The highest BCUT2D eigenvalue weighted by molar-refractivity contribution is 5.73. The van der Waals surface area contributed by atoms with Gasteiger partial charge in [0.15, 0.2) is 5.82 Å². The summed E-state index contributed by atoms with van der Waals surface area (Å²) in [4.78, 5) is 20.7. The summed E-state index contributed by atoms with van der Waals surface area (Å²) in [7, 11) is 0. The molecule has 0 bridgehead atoms. The average molecular weight is 360 g/mol.